The van der Waals surface area contributed by atoms with E-state index >= 15 is 0 Å². The molecule has 0 aliphatic carbocycles. The first-order valence-corrected chi connectivity index (χ1v) is 9.09. The molecule has 1 aromatic carbocycles. The van der Waals surface area contributed by atoms with Gasteiger partial charge in [0.05, 0.1) is 11.5 Å². The minimum Gasteiger partial charge on any atom is -0.462 e. The number of aliphatic hydroxyl groups excluding tert-OH is 1. The molecule has 3 rings (SSSR count). The summed E-state index contributed by atoms with van der Waals surface area (Å²) in [4.78, 5) is 39.9. The first-order chi connectivity index (χ1) is 13.0. The maximum atomic E-state index is 12.7. The second kappa shape index (κ2) is 8.24. The second-order valence-electron chi connectivity index (χ2n) is 5.82. The summed E-state index contributed by atoms with van der Waals surface area (Å²) in [5.74, 6) is 0.172. The smallest absolute Gasteiger partial charge is 0.294 e. The zero-order valence-electron chi connectivity index (χ0n) is 14.6. The zero-order chi connectivity index (χ0) is 19.4. The molecule has 2 aromatic rings. The number of imide groups is 1. The molecule has 1 N–H and O–H groups in total. The summed E-state index contributed by atoms with van der Waals surface area (Å²) >= 11 is 0.767. The Kier molecular flexibility index (Phi) is 5.78. The maximum absolute atomic E-state index is 12.7. The summed E-state index contributed by atoms with van der Waals surface area (Å²) in [6, 6.07) is 12.2. The van der Waals surface area contributed by atoms with Gasteiger partial charge in [0.2, 0.25) is 5.91 Å². The maximum Gasteiger partial charge on any atom is 0.294 e. The van der Waals surface area contributed by atoms with Crippen molar-refractivity contribution in [3.05, 3.63) is 58.9 Å². The Hall–Kier alpha value is -2.84. The van der Waals surface area contributed by atoms with Gasteiger partial charge in [0.15, 0.2) is 0 Å². The van der Waals surface area contributed by atoms with E-state index < -0.39 is 23.6 Å². The zero-order valence-corrected chi connectivity index (χ0v) is 15.4. The number of hydrogen-bond acceptors (Lipinski definition) is 6. The Labute approximate surface area is 160 Å². The number of aryl methyl sites for hydroxylation is 1. The number of hydrogen-bond donors (Lipinski definition) is 1. The predicted molar refractivity (Wildman–Crippen MR) is 102 cm³/mol. The lowest BCUT2D eigenvalue weighted by atomic mass is 10.2. The SMILES string of the molecule is Cc1ccc(/C=C2\SC(=O)N(CC(=O)N(CCO)c3ccccc3)C2=O)o1. The average molecular weight is 386 g/mol. The number of carbonyl (C=O) groups is 3. The number of carbonyl (C=O) groups excluding carboxylic acids is 3. The highest BCUT2D eigenvalue weighted by Crippen LogP contribution is 2.32. The van der Waals surface area contributed by atoms with Crippen molar-refractivity contribution in [1.82, 2.24) is 4.90 Å². The first kappa shape index (κ1) is 18.9. The lowest BCUT2D eigenvalue weighted by molar-refractivity contribution is -0.128. The Balaban J connectivity index is 1.76. The number of benzene rings is 1. The molecule has 0 saturated carbocycles. The molecule has 2 heterocycles. The highest BCUT2D eigenvalue weighted by atomic mass is 32.2. The number of thioether (sulfide) groups is 1. The van der Waals surface area contributed by atoms with Crippen LogP contribution < -0.4 is 4.90 Å². The van der Waals surface area contributed by atoms with Crippen LogP contribution in [0.4, 0.5) is 10.5 Å². The van der Waals surface area contributed by atoms with E-state index in [9.17, 15) is 19.5 Å². The van der Waals surface area contributed by atoms with Crippen LogP contribution in [0.15, 0.2) is 51.8 Å². The van der Waals surface area contributed by atoms with Crippen molar-refractivity contribution >= 4 is 40.6 Å². The molecule has 1 aliphatic heterocycles. The molecule has 1 saturated heterocycles. The lowest BCUT2D eigenvalue weighted by Crippen LogP contribution is -2.43. The normalized spacial score (nSPS) is 15.6. The molecule has 8 heteroatoms. The van der Waals surface area contributed by atoms with Crippen molar-refractivity contribution in [3.63, 3.8) is 0 Å². The number of amides is 3. The van der Waals surface area contributed by atoms with Crippen LogP contribution in [0.1, 0.15) is 11.5 Å². The van der Waals surface area contributed by atoms with Crippen molar-refractivity contribution in [2.24, 2.45) is 0 Å². The summed E-state index contributed by atoms with van der Waals surface area (Å²) in [6.07, 6.45) is 1.49. The fourth-order valence-electron chi connectivity index (χ4n) is 2.62. The van der Waals surface area contributed by atoms with Crippen molar-refractivity contribution in [3.8, 4) is 0 Å². The third kappa shape index (κ3) is 4.29. The van der Waals surface area contributed by atoms with E-state index in [1.807, 2.05) is 6.07 Å². The minimum absolute atomic E-state index is 0.0700. The largest absolute Gasteiger partial charge is 0.462 e. The molecule has 0 unspecified atom stereocenters. The number of nitrogens with zero attached hydrogens (tertiary/aromatic N) is 2. The first-order valence-electron chi connectivity index (χ1n) is 8.27. The molecule has 7 nitrogen and oxygen atoms in total. The number of furan rings is 1. The molecule has 27 heavy (non-hydrogen) atoms. The monoisotopic (exact) mass is 386 g/mol. The molecular formula is C19H18N2O5S. The molecule has 0 radical (unpaired) electrons. The molecule has 3 amide bonds. The summed E-state index contributed by atoms with van der Waals surface area (Å²) < 4.78 is 5.40. The van der Waals surface area contributed by atoms with E-state index in [-0.39, 0.29) is 18.1 Å². The molecule has 1 aromatic heterocycles. The molecule has 0 spiro atoms. The number of aliphatic hydroxyl groups is 1. The highest BCUT2D eigenvalue weighted by Gasteiger charge is 2.37. The summed E-state index contributed by atoms with van der Waals surface area (Å²) in [5, 5.41) is 8.74. The summed E-state index contributed by atoms with van der Waals surface area (Å²) in [5.41, 5.74) is 0.588. The van der Waals surface area contributed by atoms with Gasteiger partial charge in [-0.1, -0.05) is 18.2 Å². The van der Waals surface area contributed by atoms with Crippen molar-refractivity contribution in [1.29, 1.82) is 0 Å². The molecular weight excluding hydrogens is 368 g/mol. The van der Waals surface area contributed by atoms with E-state index in [4.69, 9.17) is 4.42 Å². The van der Waals surface area contributed by atoms with Crippen LogP contribution in [0.5, 0.6) is 0 Å². The second-order valence-corrected chi connectivity index (χ2v) is 6.81. The van der Waals surface area contributed by atoms with Crippen LogP contribution >= 0.6 is 11.8 Å². The minimum atomic E-state index is -0.538. The van der Waals surface area contributed by atoms with Crippen LogP contribution in [0.2, 0.25) is 0 Å². The number of rotatable bonds is 6. The van der Waals surface area contributed by atoms with Crippen molar-refractivity contribution in [2.45, 2.75) is 6.92 Å². The van der Waals surface area contributed by atoms with Crippen LogP contribution in [0.3, 0.4) is 0 Å². The summed E-state index contributed by atoms with van der Waals surface area (Å²) in [6.45, 7) is 1.22. The lowest BCUT2D eigenvalue weighted by Gasteiger charge is -2.23. The van der Waals surface area contributed by atoms with Gasteiger partial charge < -0.3 is 14.4 Å². The standard InChI is InChI=1S/C19H18N2O5S/c1-13-7-8-15(26-13)11-16-18(24)21(19(25)27-16)12-17(23)20(9-10-22)14-5-3-2-4-6-14/h2-8,11,22H,9-10,12H2,1H3/b16-11-. The van der Waals surface area contributed by atoms with Gasteiger partial charge in [-0.2, -0.15) is 0 Å². The van der Waals surface area contributed by atoms with E-state index in [2.05, 4.69) is 0 Å². The third-order valence-electron chi connectivity index (χ3n) is 3.89. The van der Waals surface area contributed by atoms with Gasteiger partial charge >= 0.3 is 0 Å². The Morgan fingerprint density at radius 1 is 1.22 bits per heavy atom. The molecule has 1 fully saturated rings. The van der Waals surface area contributed by atoms with Crippen LogP contribution in [0.25, 0.3) is 6.08 Å². The van der Waals surface area contributed by atoms with Gasteiger partial charge in [0, 0.05) is 18.3 Å². The van der Waals surface area contributed by atoms with Gasteiger partial charge in [-0.15, -0.1) is 0 Å². The Morgan fingerprint density at radius 3 is 2.59 bits per heavy atom. The highest BCUT2D eigenvalue weighted by molar-refractivity contribution is 8.18. The fourth-order valence-corrected chi connectivity index (χ4v) is 3.44. The number of anilines is 1. The van der Waals surface area contributed by atoms with Crippen molar-refractivity contribution in [2.75, 3.05) is 24.6 Å². The van der Waals surface area contributed by atoms with E-state index in [0.29, 0.717) is 17.2 Å². The van der Waals surface area contributed by atoms with Gasteiger partial charge in [-0.3, -0.25) is 19.3 Å². The van der Waals surface area contributed by atoms with Crippen LogP contribution in [0, 0.1) is 6.92 Å². The molecule has 0 bridgehead atoms. The molecule has 1 aliphatic rings. The molecule has 140 valence electrons. The van der Waals surface area contributed by atoms with Gasteiger partial charge in [0.25, 0.3) is 11.1 Å². The Morgan fingerprint density at radius 2 is 1.96 bits per heavy atom. The van der Waals surface area contributed by atoms with Gasteiger partial charge in [-0.25, -0.2) is 0 Å². The van der Waals surface area contributed by atoms with Crippen LogP contribution in [-0.4, -0.2) is 46.8 Å². The summed E-state index contributed by atoms with van der Waals surface area (Å²) in [7, 11) is 0. The predicted octanol–water partition coefficient (Wildman–Crippen LogP) is 2.65. The Bertz CT molecular complexity index is 891. The third-order valence-corrected chi connectivity index (χ3v) is 4.80. The van der Waals surface area contributed by atoms with Crippen molar-refractivity contribution < 1.29 is 23.9 Å². The quantitative estimate of drug-likeness (QED) is 0.768. The van der Waals surface area contributed by atoms with Gasteiger partial charge in [0.1, 0.15) is 18.1 Å². The topological polar surface area (TPSA) is 91.1 Å². The van der Waals surface area contributed by atoms with Gasteiger partial charge in [-0.05, 0) is 43.0 Å². The van der Waals surface area contributed by atoms with E-state index in [1.54, 1.807) is 43.3 Å². The van der Waals surface area contributed by atoms with E-state index in [0.717, 1.165) is 16.7 Å². The number of para-hydroxylation sites is 1. The fraction of sp³-hybridized carbons (Fsp3) is 0.211. The average Bonchev–Trinajstić information content (AvgIpc) is 3.18. The van der Waals surface area contributed by atoms with Crippen LogP contribution in [-0.2, 0) is 9.59 Å². The van der Waals surface area contributed by atoms with E-state index in [1.165, 1.54) is 11.0 Å². The molecule has 0 atom stereocenters.